The van der Waals surface area contributed by atoms with Crippen molar-refractivity contribution in [1.29, 1.82) is 0 Å². The number of aromatic nitrogens is 2. The smallest absolute Gasteiger partial charge is 0.257 e. The zero-order valence-electron chi connectivity index (χ0n) is 16.1. The Morgan fingerprint density at radius 2 is 2.04 bits per heavy atom. The summed E-state index contributed by atoms with van der Waals surface area (Å²) < 4.78 is 7.44. The van der Waals surface area contributed by atoms with E-state index in [0.717, 1.165) is 23.8 Å². The molecule has 3 rings (SSSR count). The molecule has 27 heavy (non-hydrogen) atoms. The number of amides is 2. The molecule has 1 aliphatic rings. The second-order valence-electron chi connectivity index (χ2n) is 6.47. The van der Waals surface area contributed by atoms with Gasteiger partial charge in [0, 0.05) is 25.9 Å². The summed E-state index contributed by atoms with van der Waals surface area (Å²) in [4.78, 5) is 31.1. The van der Waals surface area contributed by atoms with E-state index in [4.69, 9.17) is 9.72 Å². The molecule has 0 bridgehead atoms. The number of methoxy groups -OCH3 is 1. The molecule has 144 valence electrons. The van der Waals surface area contributed by atoms with Gasteiger partial charge in [-0.3, -0.25) is 9.59 Å². The Hall–Kier alpha value is -2.83. The van der Waals surface area contributed by atoms with Crippen LogP contribution in [0.4, 0.5) is 0 Å². The van der Waals surface area contributed by atoms with Gasteiger partial charge in [0.2, 0.25) is 5.91 Å². The normalized spacial score (nSPS) is 13.2. The van der Waals surface area contributed by atoms with Crippen LogP contribution in [0.25, 0.3) is 0 Å². The number of fused-ring (bicyclic) bond motifs is 1. The van der Waals surface area contributed by atoms with E-state index >= 15 is 0 Å². The average molecular weight is 370 g/mol. The number of para-hydroxylation sites is 1. The summed E-state index contributed by atoms with van der Waals surface area (Å²) >= 11 is 0. The van der Waals surface area contributed by atoms with Crippen LogP contribution < -0.4 is 10.1 Å². The van der Waals surface area contributed by atoms with E-state index in [2.05, 4.69) is 9.88 Å². The topological polar surface area (TPSA) is 76.5 Å². The number of nitrogens with zero attached hydrogens (tertiary/aromatic N) is 3. The lowest BCUT2D eigenvalue weighted by atomic mass is 10.1. The third kappa shape index (κ3) is 3.82. The highest BCUT2D eigenvalue weighted by atomic mass is 16.5. The summed E-state index contributed by atoms with van der Waals surface area (Å²) in [5.41, 5.74) is 2.64. The summed E-state index contributed by atoms with van der Waals surface area (Å²) in [5.74, 6) is 1.39. The van der Waals surface area contributed by atoms with Crippen molar-refractivity contribution in [2.45, 2.75) is 46.3 Å². The lowest BCUT2D eigenvalue weighted by Gasteiger charge is -2.28. The molecule has 1 aliphatic heterocycles. The van der Waals surface area contributed by atoms with E-state index in [9.17, 15) is 9.59 Å². The van der Waals surface area contributed by atoms with Crippen LogP contribution in [0, 0.1) is 0 Å². The molecule has 1 N–H and O–H groups in total. The predicted molar refractivity (Wildman–Crippen MR) is 101 cm³/mol. The highest BCUT2D eigenvalue weighted by molar-refractivity contribution is 5.97. The van der Waals surface area contributed by atoms with Crippen LogP contribution in [-0.4, -0.2) is 39.9 Å². The summed E-state index contributed by atoms with van der Waals surface area (Å²) in [6, 6.07) is 7.29. The van der Waals surface area contributed by atoms with Gasteiger partial charge in [0.15, 0.2) is 0 Å². The average Bonchev–Trinajstić information content (AvgIpc) is 3.07. The Bertz CT molecular complexity index is 844. The van der Waals surface area contributed by atoms with Crippen LogP contribution in [0.3, 0.4) is 0 Å². The van der Waals surface area contributed by atoms with Crippen LogP contribution in [0.15, 0.2) is 24.3 Å². The molecule has 0 spiro atoms. The molecule has 2 heterocycles. The number of nitrogens with one attached hydrogen (secondary N) is 1. The van der Waals surface area contributed by atoms with Crippen LogP contribution in [-0.2, 0) is 30.8 Å². The van der Waals surface area contributed by atoms with Crippen molar-refractivity contribution in [2.75, 3.05) is 13.7 Å². The van der Waals surface area contributed by atoms with Crippen LogP contribution in [0.2, 0.25) is 0 Å². The minimum absolute atomic E-state index is 0.00611. The van der Waals surface area contributed by atoms with Gasteiger partial charge in [-0.25, -0.2) is 4.98 Å². The Kier molecular flexibility index (Phi) is 5.78. The van der Waals surface area contributed by atoms with Crippen LogP contribution in [0.5, 0.6) is 5.75 Å². The second-order valence-corrected chi connectivity index (χ2v) is 6.47. The molecule has 0 aliphatic carbocycles. The van der Waals surface area contributed by atoms with Crippen molar-refractivity contribution >= 4 is 11.8 Å². The fraction of sp³-hybridized carbons (Fsp3) is 0.450. The summed E-state index contributed by atoms with van der Waals surface area (Å²) in [5, 5.41) is 2.89. The number of rotatable bonds is 6. The minimum Gasteiger partial charge on any atom is -0.496 e. The van der Waals surface area contributed by atoms with Gasteiger partial charge in [0.25, 0.3) is 5.91 Å². The van der Waals surface area contributed by atoms with Crippen molar-refractivity contribution in [1.82, 2.24) is 19.8 Å². The van der Waals surface area contributed by atoms with Crippen molar-refractivity contribution in [3.8, 4) is 5.75 Å². The van der Waals surface area contributed by atoms with Crippen LogP contribution >= 0.6 is 0 Å². The number of hydrogen-bond donors (Lipinski definition) is 1. The highest BCUT2D eigenvalue weighted by Gasteiger charge is 2.28. The largest absolute Gasteiger partial charge is 0.496 e. The molecule has 0 fully saturated rings. The Morgan fingerprint density at radius 3 is 2.74 bits per heavy atom. The zero-order valence-corrected chi connectivity index (χ0v) is 16.1. The summed E-state index contributed by atoms with van der Waals surface area (Å²) in [6.45, 7) is 6.16. The van der Waals surface area contributed by atoms with E-state index < -0.39 is 0 Å². The molecule has 0 saturated heterocycles. The number of hydrogen-bond acceptors (Lipinski definition) is 4. The molecule has 7 heteroatoms. The number of carbonyl (C=O) groups excluding carboxylic acids is 2. The van der Waals surface area contributed by atoms with Crippen LogP contribution in [0.1, 0.15) is 47.8 Å². The van der Waals surface area contributed by atoms with E-state index in [1.807, 2.05) is 30.9 Å². The Balaban J connectivity index is 1.82. The zero-order chi connectivity index (χ0) is 19.4. The molecular formula is C20H26N4O3. The molecule has 1 aromatic heterocycles. The standard InChI is InChI=1S/C20H26N4O3/c1-4-19(25)21-12-18-22-15-10-11-23(13-16(15)24(18)5-2)20(26)14-8-6-7-9-17(14)27-3/h6-9H,4-5,10-13H2,1-3H3,(H,21,25). The van der Waals surface area contributed by atoms with Crippen molar-refractivity contribution in [3.63, 3.8) is 0 Å². The Labute approximate surface area is 159 Å². The van der Waals surface area contributed by atoms with E-state index in [0.29, 0.717) is 43.8 Å². The first-order valence-corrected chi connectivity index (χ1v) is 9.35. The molecule has 0 saturated carbocycles. The first-order chi connectivity index (χ1) is 13.1. The lowest BCUT2D eigenvalue weighted by Crippen LogP contribution is -2.37. The first kappa shape index (κ1) is 18.9. The van der Waals surface area contributed by atoms with E-state index in [1.165, 1.54) is 0 Å². The fourth-order valence-corrected chi connectivity index (χ4v) is 3.45. The van der Waals surface area contributed by atoms with Gasteiger partial charge in [-0.1, -0.05) is 19.1 Å². The fourth-order valence-electron chi connectivity index (χ4n) is 3.45. The van der Waals surface area contributed by atoms with Gasteiger partial charge >= 0.3 is 0 Å². The Morgan fingerprint density at radius 1 is 1.26 bits per heavy atom. The maximum absolute atomic E-state index is 13.0. The molecule has 1 aromatic carbocycles. The molecule has 7 nitrogen and oxygen atoms in total. The maximum Gasteiger partial charge on any atom is 0.257 e. The van der Waals surface area contributed by atoms with Gasteiger partial charge in [-0.05, 0) is 19.1 Å². The van der Waals surface area contributed by atoms with Gasteiger partial charge in [0.1, 0.15) is 11.6 Å². The quantitative estimate of drug-likeness (QED) is 0.845. The summed E-state index contributed by atoms with van der Waals surface area (Å²) in [6.07, 6.45) is 1.16. The van der Waals surface area contributed by atoms with Crippen molar-refractivity contribution < 1.29 is 14.3 Å². The molecule has 0 radical (unpaired) electrons. The highest BCUT2D eigenvalue weighted by Crippen LogP contribution is 2.25. The maximum atomic E-state index is 13.0. The van der Waals surface area contributed by atoms with E-state index in [1.54, 1.807) is 19.2 Å². The van der Waals surface area contributed by atoms with Crippen molar-refractivity contribution in [3.05, 3.63) is 47.0 Å². The molecule has 2 aromatic rings. The van der Waals surface area contributed by atoms with Gasteiger partial charge in [-0.15, -0.1) is 0 Å². The predicted octanol–water partition coefficient (Wildman–Crippen LogP) is 2.14. The minimum atomic E-state index is -0.0391. The number of carbonyl (C=O) groups is 2. The van der Waals surface area contributed by atoms with E-state index in [-0.39, 0.29) is 11.8 Å². The third-order valence-corrected chi connectivity index (χ3v) is 4.90. The molecule has 0 atom stereocenters. The first-order valence-electron chi connectivity index (χ1n) is 9.35. The SMILES string of the molecule is CCC(=O)NCc1nc2c(n1CC)CN(C(=O)c1ccccc1OC)CC2. The summed E-state index contributed by atoms with van der Waals surface area (Å²) in [7, 11) is 1.57. The van der Waals surface area contributed by atoms with Crippen molar-refractivity contribution in [2.24, 2.45) is 0 Å². The third-order valence-electron chi connectivity index (χ3n) is 4.90. The number of imidazole rings is 1. The molecule has 0 unspecified atom stereocenters. The van der Waals surface area contributed by atoms with Gasteiger partial charge in [0.05, 0.1) is 37.2 Å². The lowest BCUT2D eigenvalue weighted by molar-refractivity contribution is -0.120. The van der Waals surface area contributed by atoms with Gasteiger partial charge < -0.3 is 19.5 Å². The second kappa shape index (κ2) is 8.24. The number of ether oxygens (including phenoxy) is 1. The molecule has 2 amide bonds. The molecular weight excluding hydrogens is 344 g/mol. The monoisotopic (exact) mass is 370 g/mol. The van der Waals surface area contributed by atoms with Gasteiger partial charge in [-0.2, -0.15) is 0 Å². The number of benzene rings is 1.